The Morgan fingerprint density at radius 3 is 2.38 bits per heavy atom. The molecule has 0 bridgehead atoms. The van der Waals surface area contributed by atoms with Crippen LogP contribution in [0, 0.1) is 5.41 Å². The van der Waals surface area contributed by atoms with Crippen LogP contribution in [0.5, 0.6) is 0 Å². The van der Waals surface area contributed by atoms with Gasteiger partial charge in [-0.05, 0) is 56.7 Å². The average molecular weight is 463 g/mol. The van der Waals surface area contributed by atoms with E-state index in [0.29, 0.717) is 36.3 Å². The molecule has 0 radical (unpaired) electrons. The molecule has 32 heavy (non-hydrogen) atoms. The topological polar surface area (TPSA) is 84.3 Å². The van der Waals surface area contributed by atoms with Gasteiger partial charge in [0.1, 0.15) is 5.82 Å². The monoisotopic (exact) mass is 462 g/mol. The lowest BCUT2D eigenvalue weighted by Gasteiger charge is -2.33. The van der Waals surface area contributed by atoms with E-state index in [4.69, 9.17) is 0 Å². The van der Waals surface area contributed by atoms with Crippen molar-refractivity contribution in [3.8, 4) is 0 Å². The summed E-state index contributed by atoms with van der Waals surface area (Å²) < 4.78 is 29.5. The van der Waals surface area contributed by atoms with Crippen LogP contribution < -0.4 is 5.32 Å². The molecule has 0 atom stereocenters. The number of aryl methyl sites for hydroxylation is 2. The van der Waals surface area contributed by atoms with Gasteiger partial charge in [0.25, 0.3) is 0 Å². The number of fused-ring (bicyclic) bond motifs is 1. The molecule has 1 fully saturated rings. The fraction of sp³-hybridized carbons (Fsp3) is 0.667. The number of amides is 1. The molecular weight excluding hydrogens is 424 g/mol. The van der Waals surface area contributed by atoms with Gasteiger partial charge in [-0.1, -0.05) is 27.2 Å². The molecule has 0 aliphatic carbocycles. The van der Waals surface area contributed by atoms with E-state index < -0.39 is 10.0 Å². The predicted molar refractivity (Wildman–Crippen MR) is 128 cm³/mol. The maximum atomic E-state index is 13.0. The first kappa shape index (κ1) is 24.7. The minimum absolute atomic E-state index is 0.000304. The van der Waals surface area contributed by atoms with Crippen molar-refractivity contribution < 1.29 is 13.2 Å². The van der Waals surface area contributed by atoms with Gasteiger partial charge in [-0.15, -0.1) is 0 Å². The van der Waals surface area contributed by atoms with Crippen LogP contribution in [0.25, 0.3) is 11.0 Å². The Bertz CT molecular complexity index is 1070. The zero-order valence-electron chi connectivity index (χ0n) is 20.4. The molecule has 178 valence electrons. The number of carbonyl (C=O) groups excluding carboxylic acids is 1. The van der Waals surface area contributed by atoms with Crippen LogP contribution in [0.15, 0.2) is 23.1 Å². The van der Waals surface area contributed by atoms with E-state index >= 15 is 0 Å². The average Bonchev–Trinajstić information content (AvgIpc) is 3.00. The molecule has 1 aliphatic rings. The van der Waals surface area contributed by atoms with E-state index in [0.717, 1.165) is 37.0 Å². The highest BCUT2D eigenvalue weighted by molar-refractivity contribution is 7.89. The number of imidazole rings is 1. The van der Waals surface area contributed by atoms with Crippen LogP contribution in [0.3, 0.4) is 0 Å². The lowest BCUT2D eigenvalue weighted by Crippen LogP contribution is -2.45. The van der Waals surface area contributed by atoms with Crippen molar-refractivity contribution in [1.29, 1.82) is 0 Å². The van der Waals surface area contributed by atoms with E-state index in [1.807, 2.05) is 17.7 Å². The van der Waals surface area contributed by atoms with Crippen LogP contribution in [0.4, 0.5) is 0 Å². The Hall–Kier alpha value is -1.93. The van der Waals surface area contributed by atoms with Crippen LogP contribution in [0.2, 0.25) is 0 Å². The first-order valence-corrected chi connectivity index (χ1v) is 13.0. The Morgan fingerprint density at radius 2 is 1.75 bits per heavy atom. The Labute approximate surface area is 192 Å². The molecule has 0 saturated carbocycles. The Balaban J connectivity index is 1.72. The molecule has 8 heteroatoms. The summed E-state index contributed by atoms with van der Waals surface area (Å²) in [7, 11) is -1.59. The second-order valence-corrected chi connectivity index (χ2v) is 12.8. The quantitative estimate of drug-likeness (QED) is 0.674. The summed E-state index contributed by atoms with van der Waals surface area (Å²) in [5, 5.41) is 3.14. The number of sulfonamides is 1. The molecule has 1 N–H and O–H groups in total. The molecule has 0 spiro atoms. The molecule has 1 saturated heterocycles. The summed E-state index contributed by atoms with van der Waals surface area (Å²) in [6.07, 6.45) is 4.61. The van der Waals surface area contributed by atoms with Gasteiger partial charge in [0.2, 0.25) is 15.9 Å². The molecule has 3 rings (SSSR count). The summed E-state index contributed by atoms with van der Waals surface area (Å²) in [4.78, 5) is 17.5. The normalized spacial score (nSPS) is 16.4. The van der Waals surface area contributed by atoms with E-state index in [1.165, 1.54) is 0 Å². The maximum absolute atomic E-state index is 13.0. The van der Waals surface area contributed by atoms with E-state index in [1.54, 1.807) is 16.4 Å². The van der Waals surface area contributed by atoms with Gasteiger partial charge in [0, 0.05) is 38.5 Å². The highest BCUT2D eigenvalue weighted by atomic mass is 32.2. The van der Waals surface area contributed by atoms with Gasteiger partial charge in [0.05, 0.1) is 15.9 Å². The van der Waals surface area contributed by atoms with Crippen molar-refractivity contribution in [1.82, 2.24) is 19.2 Å². The number of carbonyl (C=O) groups is 1. The minimum atomic E-state index is -3.50. The lowest BCUT2D eigenvalue weighted by atomic mass is 9.82. The maximum Gasteiger partial charge on any atom is 0.243 e. The standard InChI is InChI=1S/C24H38N4O3S/c1-23(2,3)17-24(4,5)26-22(29)13-12-21-25-19-16-18(10-11-20(19)27(21)6)32(30,31)28-14-8-7-9-15-28/h10-11,16H,7-9,12-15,17H2,1-6H3,(H,26,29). The van der Waals surface area contributed by atoms with Gasteiger partial charge in [-0.2, -0.15) is 4.31 Å². The Morgan fingerprint density at radius 1 is 1.09 bits per heavy atom. The SMILES string of the molecule is Cn1c(CCC(=O)NC(C)(C)CC(C)(C)C)nc2cc(S(=O)(=O)N3CCCCC3)ccc21. The fourth-order valence-electron chi connectivity index (χ4n) is 4.90. The molecule has 1 aromatic carbocycles. The van der Waals surface area contributed by atoms with Crippen molar-refractivity contribution >= 4 is 27.0 Å². The number of hydrogen-bond acceptors (Lipinski definition) is 4. The van der Waals surface area contributed by atoms with Gasteiger partial charge < -0.3 is 9.88 Å². The summed E-state index contributed by atoms with van der Waals surface area (Å²) in [5.41, 5.74) is 1.36. The molecule has 7 nitrogen and oxygen atoms in total. The second-order valence-electron chi connectivity index (χ2n) is 10.9. The number of nitrogens with one attached hydrogen (secondary N) is 1. The lowest BCUT2D eigenvalue weighted by molar-refractivity contribution is -0.122. The van der Waals surface area contributed by atoms with Gasteiger partial charge in [-0.3, -0.25) is 4.79 Å². The molecule has 0 unspecified atom stereocenters. The number of nitrogens with zero attached hydrogens (tertiary/aromatic N) is 3. The van der Waals surface area contributed by atoms with E-state index in [-0.39, 0.29) is 16.9 Å². The van der Waals surface area contributed by atoms with Crippen molar-refractivity contribution in [2.24, 2.45) is 12.5 Å². The van der Waals surface area contributed by atoms with Gasteiger partial charge in [0.15, 0.2) is 0 Å². The number of hydrogen-bond donors (Lipinski definition) is 1. The zero-order valence-corrected chi connectivity index (χ0v) is 21.2. The summed E-state index contributed by atoms with van der Waals surface area (Å²) in [6.45, 7) is 11.8. The molecular formula is C24H38N4O3S. The van der Waals surface area contributed by atoms with Crippen molar-refractivity contribution in [2.75, 3.05) is 13.1 Å². The Kier molecular flexibility index (Phi) is 7.05. The first-order valence-electron chi connectivity index (χ1n) is 11.6. The second kappa shape index (κ2) is 9.14. The summed E-state index contributed by atoms with van der Waals surface area (Å²) >= 11 is 0. The number of rotatable bonds is 7. The minimum Gasteiger partial charge on any atom is -0.351 e. The molecule has 2 aromatic rings. The van der Waals surface area contributed by atoms with Crippen LogP contribution >= 0.6 is 0 Å². The number of benzene rings is 1. The van der Waals surface area contributed by atoms with Crippen LogP contribution in [-0.4, -0.2) is 46.8 Å². The van der Waals surface area contributed by atoms with Crippen LogP contribution in [-0.2, 0) is 28.3 Å². The zero-order chi connectivity index (χ0) is 23.7. The van der Waals surface area contributed by atoms with Crippen molar-refractivity contribution in [2.45, 2.75) is 83.6 Å². The summed E-state index contributed by atoms with van der Waals surface area (Å²) in [6, 6.07) is 5.14. The van der Waals surface area contributed by atoms with Gasteiger partial charge in [-0.25, -0.2) is 13.4 Å². The smallest absolute Gasteiger partial charge is 0.243 e. The molecule has 2 heterocycles. The largest absolute Gasteiger partial charge is 0.351 e. The number of piperidine rings is 1. The molecule has 1 amide bonds. The number of aromatic nitrogens is 2. The fourth-order valence-corrected chi connectivity index (χ4v) is 6.44. The summed E-state index contributed by atoms with van der Waals surface area (Å²) in [5.74, 6) is 0.774. The molecule has 1 aromatic heterocycles. The third-order valence-corrected chi connectivity index (χ3v) is 7.82. The van der Waals surface area contributed by atoms with Gasteiger partial charge >= 0.3 is 0 Å². The van der Waals surface area contributed by atoms with E-state index in [2.05, 4.69) is 44.9 Å². The third kappa shape index (κ3) is 5.90. The van der Waals surface area contributed by atoms with Crippen molar-refractivity contribution in [3.05, 3.63) is 24.0 Å². The third-order valence-electron chi connectivity index (χ3n) is 5.92. The highest BCUT2D eigenvalue weighted by Gasteiger charge is 2.28. The van der Waals surface area contributed by atoms with Crippen molar-refractivity contribution in [3.63, 3.8) is 0 Å². The first-order chi connectivity index (χ1) is 14.8. The van der Waals surface area contributed by atoms with E-state index in [9.17, 15) is 13.2 Å². The predicted octanol–water partition coefficient (Wildman–Crippen LogP) is 4.01. The highest BCUT2D eigenvalue weighted by Crippen LogP contribution is 2.27. The van der Waals surface area contributed by atoms with Crippen LogP contribution in [0.1, 0.15) is 72.5 Å². The molecule has 1 aliphatic heterocycles.